The first-order chi connectivity index (χ1) is 19.7. The molecule has 0 spiro atoms. The summed E-state index contributed by atoms with van der Waals surface area (Å²) in [4.78, 5) is 31.5. The third kappa shape index (κ3) is 4.54. The predicted molar refractivity (Wildman–Crippen MR) is 165 cm³/mol. The van der Waals surface area contributed by atoms with E-state index < -0.39 is 11.5 Å². The van der Waals surface area contributed by atoms with Gasteiger partial charge in [-0.2, -0.15) is 0 Å². The molecule has 0 aromatic heterocycles. The third-order valence-corrected chi connectivity index (χ3v) is 14.7. The van der Waals surface area contributed by atoms with Crippen molar-refractivity contribution < 1.29 is 24.3 Å². The molecule has 11 atom stereocenters. The highest BCUT2D eigenvalue weighted by Gasteiger charge is 2.72. The molecule has 5 aliphatic carbocycles. The minimum Gasteiger partial charge on any atom is -0.465 e. The molecule has 5 saturated carbocycles. The summed E-state index contributed by atoms with van der Waals surface area (Å²) in [6.07, 6.45) is 11.8. The number of esters is 1. The van der Waals surface area contributed by atoms with Crippen LogP contribution in [0.1, 0.15) is 126 Å². The zero-order valence-corrected chi connectivity index (χ0v) is 27.7. The van der Waals surface area contributed by atoms with Crippen molar-refractivity contribution in [1.29, 1.82) is 0 Å². The average molecular weight is 586 g/mol. The van der Waals surface area contributed by atoms with Crippen molar-refractivity contribution in [2.24, 2.45) is 56.7 Å². The molecule has 6 nitrogen and oxygen atoms in total. The van der Waals surface area contributed by atoms with Gasteiger partial charge in [0.05, 0.1) is 24.7 Å². The van der Waals surface area contributed by atoms with Gasteiger partial charge in [0.15, 0.2) is 0 Å². The van der Waals surface area contributed by atoms with E-state index in [1.807, 2.05) is 0 Å². The maximum absolute atomic E-state index is 14.0. The molecule has 4 unspecified atom stereocenters. The van der Waals surface area contributed by atoms with Crippen molar-refractivity contribution in [3.8, 4) is 0 Å². The van der Waals surface area contributed by atoms with Gasteiger partial charge in [-0.3, -0.25) is 14.4 Å². The number of carbonyl (C=O) groups is 2. The quantitative estimate of drug-likeness (QED) is 0.134. The van der Waals surface area contributed by atoms with Crippen LogP contribution < -0.4 is 5.48 Å². The van der Waals surface area contributed by atoms with E-state index in [4.69, 9.17) is 9.57 Å². The summed E-state index contributed by atoms with van der Waals surface area (Å²) in [5, 5.41) is 11.3. The van der Waals surface area contributed by atoms with Crippen LogP contribution in [0.25, 0.3) is 0 Å². The standard InChI is InChI=1S/C36H59NO5/c1-9-10-21-42-37-31(40)36-18-13-25(23(2)3)30(36)26-11-12-28-32(5)16-15-29(39)33(6,22-41-24(4)38)27(32)14-17-35(28,8)34(26,7)19-20-36/h25-30,39H,2,9-22H2,1,3-8H3,(H,37,40)/t25-,26?,27?,28?,29-,30?,32-,33-,34+,35+,36-/m0/s1. The predicted octanol–water partition coefficient (Wildman–Crippen LogP) is 7.40. The summed E-state index contributed by atoms with van der Waals surface area (Å²) in [6.45, 7) is 21.0. The van der Waals surface area contributed by atoms with Gasteiger partial charge in [0, 0.05) is 12.3 Å². The topological polar surface area (TPSA) is 84.9 Å². The number of aliphatic hydroxyl groups excluding tert-OH is 1. The lowest BCUT2D eigenvalue weighted by Gasteiger charge is -2.72. The van der Waals surface area contributed by atoms with E-state index in [2.05, 4.69) is 53.6 Å². The molecule has 0 saturated heterocycles. The second kappa shape index (κ2) is 11.2. The monoisotopic (exact) mass is 585 g/mol. The van der Waals surface area contributed by atoms with Gasteiger partial charge >= 0.3 is 5.97 Å². The number of fused-ring (bicyclic) bond motifs is 7. The molecule has 2 N–H and O–H groups in total. The first-order valence-corrected chi connectivity index (χ1v) is 17.1. The van der Waals surface area contributed by atoms with E-state index in [-0.39, 0.29) is 33.5 Å². The number of aliphatic hydroxyl groups is 1. The molecule has 0 bridgehead atoms. The molecule has 6 heteroatoms. The van der Waals surface area contributed by atoms with Crippen molar-refractivity contribution in [1.82, 2.24) is 5.48 Å². The van der Waals surface area contributed by atoms with Crippen molar-refractivity contribution in [3.05, 3.63) is 12.2 Å². The molecular weight excluding hydrogens is 526 g/mol. The number of unbranched alkanes of at least 4 members (excludes halogenated alkanes) is 1. The van der Waals surface area contributed by atoms with Crippen LogP contribution in [-0.4, -0.2) is 36.3 Å². The van der Waals surface area contributed by atoms with Crippen LogP contribution >= 0.6 is 0 Å². The highest BCUT2D eigenvalue weighted by molar-refractivity contribution is 5.83. The number of allylic oxidation sites excluding steroid dienone is 1. The van der Waals surface area contributed by atoms with E-state index in [9.17, 15) is 14.7 Å². The summed E-state index contributed by atoms with van der Waals surface area (Å²) in [5.41, 5.74) is 3.72. The van der Waals surface area contributed by atoms with Crippen LogP contribution in [0.15, 0.2) is 12.2 Å². The number of hydroxylamine groups is 1. The number of amides is 1. The fourth-order valence-corrected chi connectivity index (χ4v) is 12.2. The van der Waals surface area contributed by atoms with Gasteiger partial charge in [0.25, 0.3) is 0 Å². The van der Waals surface area contributed by atoms with Crippen LogP contribution in [-0.2, 0) is 19.2 Å². The van der Waals surface area contributed by atoms with Gasteiger partial charge in [0.1, 0.15) is 0 Å². The Hall–Kier alpha value is -1.40. The van der Waals surface area contributed by atoms with Crippen molar-refractivity contribution >= 4 is 11.9 Å². The normalized spacial score (nSPS) is 47.8. The second-order valence-corrected chi connectivity index (χ2v) is 16.3. The Labute approximate surface area is 255 Å². The molecule has 0 heterocycles. The van der Waals surface area contributed by atoms with Crippen molar-refractivity contribution in [3.63, 3.8) is 0 Å². The van der Waals surface area contributed by atoms with Gasteiger partial charge in [-0.25, -0.2) is 5.48 Å². The van der Waals surface area contributed by atoms with Gasteiger partial charge in [0.2, 0.25) is 5.91 Å². The van der Waals surface area contributed by atoms with Crippen molar-refractivity contribution in [2.45, 2.75) is 132 Å². The molecular formula is C36H59NO5. The summed E-state index contributed by atoms with van der Waals surface area (Å²) in [7, 11) is 0. The third-order valence-electron chi connectivity index (χ3n) is 14.7. The molecule has 42 heavy (non-hydrogen) atoms. The second-order valence-electron chi connectivity index (χ2n) is 16.3. The molecule has 1 amide bonds. The Bertz CT molecular complexity index is 1080. The first kappa shape index (κ1) is 32.0. The van der Waals surface area contributed by atoms with Crippen LogP contribution in [0.3, 0.4) is 0 Å². The maximum atomic E-state index is 14.0. The number of hydrogen-bond donors (Lipinski definition) is 2. The Morgan fingerprint density at radius 3 is 2.31 bits per heavy atom. The smallest absolute Gasteiger partial charge is 0.302 e. The number of carbonyl (C=O) groups excluding carboxylic acids is 2. The van der Waals surface area contributed by atoms with Gasteiger partial charge in [-0.05, 0) is 123 Å². The summed E-state index contributed by atoms with van der Waals surface area (Å²) in [5.74, 6) is 1.85. The Morgan fingerprint density at radius 1 is 0.905 bits per heavy atom. The number of ether oxygens (including phenoxy) is 1. The fourth-order valence-electron chi connectivity index (χ4n) is 12.2. The van der Waals surface area contributed by atoms with Crippen LogP contribution in [0.2, 0.25) is 0 Å². The first-order valence-electron chi connectivity index (χ1n) is 17.1. The van der Waals surface area contributed by atoms with Crippen molar-refractivity contribution in [2.75, 3.05) is 13.2 Å². The van der Waals surface area contributed by atoms with Crippen LogP contribution in [0.4, 0.5) is 0 Å². The molecule has 0 aromatic carbocycles. The minimum absolute atomic E-state index is 0.0809. The maximum Gasteiger partial charge on any atom is 0.302 e. The molecule has 0 radical (unpaired) electrons. The Balaban J connectivity index is 1.47. The zero-order chi connectivity index (χ0) is 30.7. The van der Waals surface area contributed by atoms with E-state index in [1.54, 1.807) is 0 Å². The number of nitrogens with one attached hydrogen (secondary N) is 1. The van der Waals surface area contributed by atoms with Gasteiger partial charge in [-0.1, -0.05) is 53.2 Å². The van der Waals surface area contributed by atoms with E-state index in [0.717, 1.165) is 77.0 Å². The highest BCUT2D eigenvalue weighted by Crippen LogP contribution is 2.77. The average Bonchev–Trinajstić information content (AvgIpc) is 3.34. The highest BCUT2D eigenvalue weighted by atomic mass is 16.6. The van der Waals surface area contributed by atoms with E-state index in [1.165, 1.54) is 12.5 Å². The summed E-state index contributed by atoms with van der Waals surface area (Å²) in [6, 6.07) is 0. The lowest BCUT2D eigenvalue weighted by molar-refractivity contribution is -0.254. The van der Waals surface area contributed by atoms with Crippen LogP contribution in [0, 0.1) is 56.7 Å². The lowest BCUT2D eigenvalue weighted by atomic mass is 9.32. The molecule has 0 aromatic rings. The lowest BCUT2D eigenvalue weighted by Crippen LogP contribution is -2.68. The molecule has 5 fully saturated rings. The van der Waals surface area contributed by atoms with Crippen LogP contribution in [0.5, 0.6) is 0 Å². The fraction of sp³-hybridized carbons (Fsp3) is 0.889. The number of rotatable bonds is 8. The Morgan fingerprint density at radius 2 is 1.64 bits per heavy atom. The van der Waals surface area contributed by atoms with E-state index >= 15 is 0 Å². The molecule has 0 aliphatic heterocycles. The number of hydrogen-bond acceptors (Lipinski definition) is 5. The van der Waals surface area contributed by atoms with E-state index in [0.29, 0.717) is 42.8 Å². The molecule has 238 valence electrons. The summed E-state index contributed by atoms with van der Waals surface area (Å²) < 4.78 is 5.62. The van der Waals surface area contributed by atoms with Gasteiger partial charge in [-0.15, -0.1) is 0 Å². The SMILES string of the molecule is C=C(C)[C@@H]1CC[C@]2(C(=O)NOCCCC)CC[C@]3(C)C(CCC4[C@@]5(C)CC[C@H](O)[C@@](C)(COC(C)=O)C5CC[C@]43C)C12. The summed E-state index contributed by atoms with van der Waals surface area (Å²) >= 11 is 0. The minimum atomic E-state index is -0.450. The van der Waals surface area contributed by atoms with Gasteiger partial charge < -0.3 is 9.84 Å². The Kier molecular flexibility index (Phi) is 8.53. The molecule has 5 rings (SSSR count). The molecule has 5 aliphatic rings. The zero-order valence-electron chi connectivity index (χ0n) is 27.7. The largest absolute Gasteiger partial charge is 0.465 e.